The van der Waals surface area contributed by atoms with Crippen LogP contribution in [0.3, 0.4) is 0 Å². The van der Waals surface area contributed by atoms with Gasteiger partial charge in [-0.2, -0.15) is 0 Å². The zero-order chi connectivity index (χ0) is 34.5. The van der Waals surface area contributed by atoms with E-state index >= 15 is 0 Å². The number of benzene rings is 8. The van der Waals surface area contributed by atoms with E-state index < -0.39 is 0 Å². The zero-order valence-electron chi connectivity index (χ0n) is 28.8. The van der Waals surface area contributed by atoms with Crippen molar-refractivity contribution in [1.82, 2.24) is 14.0 Å². The summed E-state index contributed by atoms with van der Waals surface area (Å²) in [5.41, 5.74) is 13.5. The third kappa shape index (κ3) is 3.80. The van der Waals surface area contributed by atoms with Gasteiger partial charge in [0.1, 0.15) is 11.2 Å². The van der Waals surface area contributed by atoms with Crippen molar-refractivity contribution in [2.24, 2.45) is 0 Å². The van der Waals surface area contributed by atoms with Crippen molar-refractivity contribution in [2.75, 3.05) is 0 Å². The minimum atomic E-state index is -0.0939. The molecule has 0 amide bonds. The van der Waals surface area contributed by atoms with Gasteiger partial charge < -0.3 is 4.42 Å². The van der Waals surface area contributed by atoms with Gasteiger partial charge in [-0.1, -0.05) is 141 Å². The van der Waals surface area contributed by atoms with E-state index in [4.69, 9.17) is 9.40 Å². The Hall–Kier alpha value is -6.59. The van der Waals surface area contributed by atoms with Crippen LogP contribution in [-0.4, -0.2) is 20.7 Å². The van der Waals surface area contributed by atoms with Crippen LogP contribution >= 0.6 is 0 Å². The Kier molecular flexibility index (Phi) is 6.15. The number of fused-ring (bicyclic) bond motifs is 12. The Morgan fingerprint density at radius 3 is 2.17 bits per heavy atom. The predicted molar refractivity (Wildman–Crippen MR) is 220 cm³/mol. The second-order valence-corrected chi connectivity index (χ2v) is 13.5. The van der Waals surface area contributed by atoms with Crippen LogP contribution in [0, 0.1) is 0 Å². The molecule has 8 aromatic carbocycles. The zero-order valence-corrected chi connectivity index (χ0v) is 28.8. The number of hydrogen-bond donors (Lipinski definition) is 0. The van der Waals surface area contributed by atoms with Crippen LogP contribution < -0.4 is 16.4 Å². The Labute approximate surface area is 300 Å². The van der Waals surface area contributed by atoms with Gasteiger partial charge in [0.2, 0.25) is 5.78 Å². The number of furan rings is 1. The van der Waals surface area contributed by atoms with Crippen molar-refractivity contribution in [3.8, 4) is 16.8 Å². The standard InChI is InChI=1S/C45H26BN3O.C2H6/c1-2-12-27(13-3-1)33-26-39-42(31-17-5-4-15-29(31)33)46(35-19-11-18-32-30-16-6-9-23-40(30)50-44(32)35)34-25-24-28-14-10-22-38-41(28)43(34)49(39)45-47-36-20-7-8-21-37(36)48(38)45;1-2/h1-26H;1-2H3. The molecule has 0 unspecified atom stereocenters. The second kappa shape index (κ2) is 11.0. The van der Waals surface area contributed by atoms with Gasteiger partial charge in [-0.3, -0.25) is 8.97 Å². The van der Waals surface area contributed by atoms with Crippen LogP contribution in [0.4, 0.5) is 0 Å². The van der Waals surface area contributed by atoms with Gasteiger partial charge in [-0.25, -0.2) is 4.98 Å². The summed E-state index contributed by atoms with van der Waals surface area (Å²) in [5, 5.41) is 7.20. The molecule has 52 heavy (non-hydrogen) atoms. The Morgan fingerprint density at radius 1 is 0.577 bits per heavy atom. The van der Waals surface area contributed by atoms with Gasteiger partial charge in [-0.15, -0.1) is 0 Å². The SMILES string of the molecule is CC.c1ccc(-c2cc3c(c4ccccc24)B(c2cccc4c2oc2ccccc24)c2ccc4cccc5c4c2n-3c2nc3ccccc3n52)cc1. The smallest absolute Gasteiger partial charge is 0.252 e. The summed E-state index contributed by atoms with van der Waals surface area (Å²) in [4.78, 5) is 5.39. The van der Waals surface area contributed by atoms with Crippen LogP contribution in [0.15, 0.2) is 162 Å². The molecule has 1 aliphatic heterocycles. The number of para-hydroxylation sites is 4. The van der Waals surface area contributed by atoms with E-state index in [9.17, 15) is 0 Å². The van der Waals surface area contributed by atoms with E-state index in [0.717, 1.165) is 50.0 Å². The highest BCUT2D eigenvalue weighted by atomic mass is 16.3. The Morgan fingerprint density at radius 2 is 1.29 bits per heavy atom. The first-order valence-corrected chi connectivity index (χ1v) is 18.2. The van der Waals surface area contributed by atoms with Crippen molar-refractivity contribution in [3.63, 3.8) is 0 Å². The number of rotatable bonds is 2. The molecular formula is C47H32BN3O. The average molecular weight is 666 g/mol. The monoisotopic (exact) mass is 665 g/mol. The molecule has 0 fully saturated rings. The van der Waals surface area contributed by atoms with Crippen molar-refractivity contribution in [2.45, 2.75) is 13.8 Å². The lowest BCUT2D eigenvalue weighted by molar-refractivity contribution is 0.671. The van der Waals surface area contributed by atoms with E-state index in [-0.39, 0.29) is 6.71 Å². The van der Waals surface area contributed by atoms with Crippen molar-refractivity contribution in [1.29, 1.82) is 0 Å². The molecule has 3 aromatic heterocycles. The molecule has 4 heterocycles. The number of aromatic nitrogens is 3. The van der Waals surface area contributed by atoms with Gasteiger partial charge >= 0.3 is 0 Å². The highest BCUT2D eigenvalue weighted by Crippen LogP contribution is 2.39. The van der Waals surface area contributed by atoms with E-state index in [1.165, 1.54) is 54.6 Å². The third-order valence-corrected chi connectivity index (χ3v) is 11.0. The molecule has 0 radical (unpaired) electrons. The third-order valence-electron chi connectivity index (χ3n) is 11.0. The van der Waals surface area contributed by atoms with Gasteiger partial charge in [0, 0.05) is 21.8 Å². The summed E-state index contributed by atoms with van der Waals surface area (Å²) in [7, 11) is 0. The fourth-order valence-electron chi connectivity index (χ4n) is 8.95. The molecule has 1 aliphatic rings. The molecular weight excluding hydrogens is 633 g/mol. The van der Waals surface area contributed by atoms with E-state index in [1.54, 1.807) is 0 Å². The van der Waals surface area contributed by atoms with Crippen LogP contribution in [0.2, 0.25) is 0 Å². The minimum Gasteiger partial charge on any atom is -0.457 e. The predicted octanol–water partition coefficient (Wildman–Crippen LogP) is 10.2. The Bertz CT molecular complexity index is 3220. The van der Waals surface area contributed by atoms with Gasteiger partial charge in [0.15, 0.2) is 0 Å². The van der Waals surface area contributed by atoms with Gasteiger partial charge in [0.05, 0.1) is 22.1 Å². The Balaban J connectivity index is 0.00000158. The molecule has 0 saturated heterocycles. The normalized spacial score (nSPS) is 12.4. The second-order valence-electron chi connectivity index (χ2n) is 13.5. The lowest BCUT2D eigenvalue weighted by Gasteiger charge is -2.32. The molecule has 0 N–H and O–H groups in total. The molecule has 244 valence electrons. The quantitative estimate of drug-likeness (QED) is 0.172. The average Bonchev–Trinajstić information content (AvgIpc) is 3.80. The number of nitrogens with zero attached hydrogens (tertiary/aromatic N) is 3. The first-order chi connectivity index (χ1) is 25.8. The molecule has 12 rings (SSSR count). The summed E-state index contributed by atoms with van der Waals surface area (Å²) in [5.74, 6) is 0.912. The maximum Gasteiger partial charge on any atom is 0.252 e. The van der Waals surface area contributed by atoms with Gasteiger partial charge in [-0.05, 0) is 74.0 Å². The van der Waals surface area contributed by atoms with Crippen LogP contribution in [0.5, 0.6) is 0 Å². The highest BCUT2D eigenvalue weighted by molar-refractivity contribution is 7.00. The van der Waals surface area contributed by atoms with Crippen LogP contribution in [-0.2, 0) is 0 Å². The first kappa shape index (κ1) is 29.2. The topological polar surface area (TPSA) is 35.4 Å². The molecule has 0 saturated carbocycles. The summed E-state index contributed by atoms with van der Waals surface area (Å²) in [6.45, 7) is 3.91. The lowest BCUT2D eigenvalue weighted by atomic mass is 9.34. The van der Waals surface area contributed by atoms with Crippen LogP contribution in [0.1, 0.15) is 13.8 Å². The van der Waals surface area contributed by atoms with Crippen LogP contribution in [0.25, 0.3) is 88.1 Å². The number of imidazole rings is 1. The summed E-state index contributed by atoms with van der Waals surface area (Å²) in [6.07, 6.45) is 0. The lowest BCUT2D eigenvalue weighted by Crippen LogP contribution is -2.56. The summed E-state index contributed by atoms with van der Waals surface area (Å²) in [6, 6.07) is 57.0. The fourth-order valence-corrected chi connectivity index (χ4v) is 8.95. The van der Waals surface area contributed by atoms with E-state index in [0.29, 0.717) is 0 Å². The van der Waals surface area contributed by atoms with E-state index in [2.05, 4.69) is 167 Å². The number of hydrogen-bond acceptors (Lipinski definition) is 2. The first-order valence-electron chi connectivity index (χ1n) is 18.2. The molecule has 0 aliphatic carbocycles. The molecule has 11 aromatic rings. The largest absolute Gasteiger partial charge is 0.457 e. The summed E-state index contributed by atoms with van der Waals surface area (Å²) >= 11 is 0. The highest BCUT2D eigenvalue weighted by Gasteiger charge is 2.38. The maximum atomic E-state index is 6.79. The van der Waals surface area contributed by atoms with E-state index in [1.807, 2.05) is 13.8 Å². The van der Waals surface area contributed by atoms with Gasteiger partial charge in [0.25, 0.3) is 6.71 Å². The molecule has 4 nitrogen and oxygen atoms in total. The van der Waals surface area contributed by atoms with Crippen molar-refractivity contribution >= 4 is 94.4 Å². The fraction of sp³-hybridized carbons (Fsp3) is 0.0426. The summed E-state index contributed by atoms with van der Waals surface area (Å²) < 4.78 is 11.6. The van der Waals surface area contributed by atoms with Crippen molar-refractivity contribution in [3.05, 3.63) is 158 Å². The minimum absolute atomic E-state index is 0.0939. The molecule has 0 atom stereocenters. The van der Waals surface area contributed by atoms with Crippen molar-refractivity contribution < 1.29 is 4.42 Å². The molecule has 5 heteroatoms. The molecule has 0 bridgehead atoms. The molecule has 0 spiro atoms. The maximum absolute atomic E-state index is 6.79.